The van der Waals surface area contributed by atoms with Crippen molar-refractivity contribution in [3.05, 3.63) is 78.1 Å². The molecule has 31 heavy (non-hydrogen) atoms. The quantitative estimate of drug-likeness (QED) is 0.561. The monoisotopic (exact) mass is 420 g/mol. The van der Waals surface area contributed by atoms with Gasteiger partial charge in [0.25, 0.3) is 11.8 Å². The minimum absolute atomic E-state index is 0.108. The molecule has 7 heteroatoms. The first-order valence-corrected chi connectivity index (χ1v) is 9.83. The summed E-state index contributed by atoms with van der Waals surface area (Å²) in [6, 6.07) is 19.9. The lowest BCUT2D eigenvalue weighted by molar-refractivity contribution is -0.147. The number of aryl methyl sites for hydroxylation is 1. The van der Waals surface area contributed by atoms with E-state index in [1.165, 1.54) is 4.90 Å². The Labute approximate surface area is 180 Å². The first-order valence-electron chi connectivity index (χ1n) is 9.83. The van der Waals surface area contributed by atoms with Crippen LogP contribution in [0.4, 0.5) is 5.69 Å². The zero-order chi connectivity index (χ0) is 22.2. The Morgan fingerprint density at radius 2 is 1.65 bits per heavy atom. The second kappa shape index (κ2) is 10.2. The molecule has 3 rings (SSSR count). The minimum atomic E-state index is -0.486. The number of ether oxygens (including phenoxy) is 1. The lowest BCUT2D eigenvalue weighted by Gasteiger charge is -2.11. The number of amides is 2. The summed E-state index contributed by atoms with van der Waals surface area (Å²) < 4.78 is 10.8. The van der Waals surface area contributed by atoms with Gasteiger partial charge in [-0.05, 0) is 36.4 Å². The van der Waals surface area contributed by atoms with Crippen molar-refractivity contribution in [1.29, 1.82) is 0 Å². The van der Waals surface area contributed by atoms with Gasteiger partial charge in [0.05, 0.1) is 6.42 Å². The van der Waals surface area contributed by atoms with Crippen LogP contribution in [0.15, 0.2) is 71.1 Å². The molecular formula is C24H24N2O5. The Kier molecular flexibility index (Phi) is 7.22. The van der Waals surface area contributed by atoms with Crippen LogP contribution < -0.4 is 5.32 Å². The van der Waals surface area contributed by atoms with Crippen molar-refractivity contribution >= 4 is 23.5 Å². The number of anilines is 1. The lowest BCUT2D eigenvalue weighted by atomic mass is 10.2. The Hall–Kier alpha value is -3.87. The molecular weight excluding hydrogens is 396 g/mol. The molecule has 1 N–H and O–H groups in total. The number of nitrogens with zero attached hydrogens (tertiary/aromatic N) is 1. The van der Waals surface area contributed by atoms with Gasteiger partial charge in [-0.1, -0.05) is 30.3 Å². The van der Waals surface area contributed by atoms with Crippen LogP contribution >= 0.6 is 0 Å². The van der Waals surface area contributed by atoms with E-state index >= 15 is 0 Å². The fraction of sp³-hybridized carbons (Fsp3) is 0.208. The van der Waals surface area contributed by atoms with E-state index in [-0.39, 0.29) is 18.9 Å². The summed E-state index contributed by atoms with van der Waals surface area (Å²) in [6.07, 6.45) is 0.491. The van der Waals surface area contributed by atoms with Crippen molar-refractivity contribution in [2.45, 2.75) is 12.8 Å². The zero-order valence-corrected chi connectivity index (χ0v) is 17.5. The molecule has 0 aliphatic heterocycles. The maximum atomic E-state index is 12.0. The van der Waals surface area contributed by atoms with Crippen LogP contribution in [-0.2, 0) is 20.7 Å². The van der Waals surface area contributed by atoms with Gasteiger partial charge in [-0.25, -0.2) is 0 Å². The summed E-state index contributed by atoms with van der Waals surface area (Å²) >= 11 is 0. The Morgan fingerprint density at radius 3 is 2.32 bits per heavy atom. The summed E-state index contributed by atoms with van der Waals surface area (Å²) in [7, 11) is 3.33. The van der Waals surface area contributed by atoms with Gasteiger partial charge >= 0.3 is 5.97 Å². The number of furan rings is 1. The van der Waals surface area contributed by atoms with Crippen LogP contribution in [-0.4, -0.2) is 43.4 Å². The average molecular weight is 420 g/mol. The summed E-state index contributed by atoms with van der Waals surface area (Å²) in [5, 5.41) is 2.63. The van der Waals surface area contributed by atoms with Gasteiger partial charge in [-0.3, -0.25) is 14.4 Å². The van der Waals surface area contributed by atoms with E-state index in [2.05, 4.69) is 5.32 Å². The number of hydrogen-bond donors (Lipinski definition) is 1. The molecule has 0 aliphatic rings. The van der Waals surface area contributed by atoms with Crippen LogP contribution in [0.3, 0.4) is 0 Å². The van der Waals surface area contributed by atoms with E-state index < -0.39 is 11.9 Å². The van der Waals surface area contributed by atoms with E-state index in [1.807, 2.05) is 42.5 Å². The van der Waals surface area contributed by atoms with Gasteiger partial charge < -0.3 is 19.4 Å². The molecule has 0 unspecified atom stereocenters. The largest absolute Gasteiger partial charge is 0.461 e. The van der Waals surface area contributed by atoms with Crippen molar-refractivity contribution < 1.29 is 23.5 Å². The highest BCUT2D eigenvalue weighted by atomic mass is 16.5. The molecule has 160 valence electrons. The molecule has 2 amide bonds. The van der Waals surface area contributed by atoms with Gasteiger partial charge in [0.1, 0.15) is 11.5 Å². The summed E-state index contributed by atoms with van der Waals surface area (Å²) in [6.45, 7) is -0.384. The molecule has 7 nitrogen and oxygen atoms in total. The second-order valence-corrected chi connectivity index (χ2v) is 7.12. The number of carbonyl (C=O) groups excluding carboxylic acids is 3. The molecule has 0 radical (unpaired) electrons. The topological polar surface area (TPSA) is 88.9 Å². The molecule has 1 aromatic heterocycles. The Bertz CT molecular complexity index is 1040. The van der Waals surface area contributed by atoms with E-state index in [4.69, 9.17) is 9.15 Å². The van der Waals surface area contributed by atoms with Crippen molar-refractivity contribution in [2.75, 3.05) is 26.0 Å². The van der Waals surface area contributed by atoms with Crippen molar-refractivity contribution in [2.24, 2.45) is 0 Å². The molecule has 0 saturated carbocycles. The van der Waals surface area contributed by atoms with E-state index in [0.717, 1.165) is 11.3 Å². The van der Waals surface area contributed by atoms with Crippen molar-refractivity contribution in [1.82, 2.24) is 4.90 Å². The molecule has 0 saturated heterocycles. The standard InChI is InChI=1S/C24H24N2O5/c1-26(2)24(29)18-8-10-19(11-9-18)25-22(27)16-30-23(28)15-13-20-12-14-21(31-20)17-6-4-3-5-7-17/h3-12,14H,13,15-16H2,1-2H3,(H,25,27). The molecule has 0 bridgehead atoms. The van der Waals surface area contributed by atoms with Crippen LogP contribution in [0, 0.1) is 0 Å². The smallest absolute Gasteiger partial charge is 0.306 e. The van der Waals surface area contributed by atoms with Crippen LogP contribution in [0.2, 0.25) is 0 Å². The number of rotatable bonds is 8. The summed E-state index contributed by atoms with van der Waals surface area (Å²) in [5.41, 5.74) is 2.00. The highest BCUT2D eigenvalue weighted by Gasteiger charge is 2.12. The molecule has 2 aromatic carbocycles. The number of benzene rings is 2. The van der Waals surface area contributed by atoms with Crippen molar-refractivity contribution in [3.8, 4) is 11.3 Å². The maximum Gasteiger partial charge on any atom is 0.306 e. The number of esters is 1. The molecule has 0 fully saturated rings. The minimum Gasteiger partial charge on any atom is -0.461 e. The van der Waals surface area contributed by atoms with Gasteiger partial charge in [0, 0.05) is 37.3 Å². The fourth-order valence-electron chi connectivity index (χ4n) is 2.86. The summed E-state index contributed by atoms with van der Waals surface area (Å²) in [4.78, 5) is 37.3. The third-order valence-corrected chi connectivity index (χ3v) is 4.48. The van der Waals surface area contributed by atoms with Crippen LogP contribution in [0.1, 0.15) is 22.5 Å². The van der Waals surface area contributed by atoms with Gasteiger partial charge in [-0.2, -0.15) is 0 Å². The van der Waals surface area contributed by atoms with Gasteiger partial charge in [-0.15, -0.1) is 0 Å². The number of carbonyl (C=O) groups is 3. The molecule has 0 aliphatic carbocycles. The third kappa shape index (κ3) is 6.30. The predicted octanol–water partition coefficient (Wildman–Crippen LogP) is 3.76. The molecule has 3 aromatic rings. The fourth-order valence-corrected chi connectivity index (χ4v) is 2.86. The normalized spacial score (nSPS) is 10.4. The maximum absolute atomic E-state index is 12.0. The summed E-state index contributed by atoms with van der Waals surface area (Å²) in [5.74, 6) is 0.345. The highest BCUT2D eigenvalue weighted by Crippen LogP contribution is 2.22. The molecule has 0 spiro atoms. The van der Waals surface area contributed by atoms with E-state index in [1.54, 1.807) is 38.4 Å². The lowest BCUT2D eigenvalue weighted by Crippen LogP contribution is -2.22. The number of hydrogen-bond acceptors (Lipinski definition) is 5. The Morgan fingerprint density at radius 1 is 0.935 bits per heavy atom. The Balaban J connectivity index is 1.41. The van der Waals surface area contributed by atoms with E-state index in [9.17, 15) is 14.4 Å². The van der Waals surface area contributed by atoms with Crippen molar-refractivity contribution in [3.63, 3.8) is 0 Å². The first-order chi connectivity index (χ1) is 14.9. The van der Waals surface area contributed by atoms with Crippen LogP contribution in [0.5, 0.6) is 0 Å². The first kappa shape index (κ1) is 21.8. The van der Waals surface area contributed by atoms with Gasteiger partial charge in [0.2, 0.25) is 0 Å². The van der Waals surface area contributed by atoms with Gasteiger partial charge in [0.15, 0.2) is 6.61 Å². The predicted molar refractivity (Wildman–Crippen MR) is 117 cm³/mol. The third-order valence-electron chi connectivity index (χ3n) is 4.48. The SMILES string of the molecule is CN(C)C(=O)c1ccc(NC(=O)COC(=O)CCc2ccc(-c3ccccc3)o2)cc1. The zero-order valence-electron chi connectivity index (χ0n) is 17.5. The number of nitrogens with one attached hydrogen (secondary N) is 1. The van der Waals surface area contributed by atoms with E-state index in [0.29, 0.717) is 23.4 Å². The van der Waals surface area contributed by atoms with Crippen LogP contribution in [0.25, 0.3) is 11.3 Å². The molecule has 1 heterocycles. The second-order valence-electron chi connectivity index (χ2n) is 7.12. The highest BCUT2D eigenvalue weighted by molar-refractivity contribution is 5.96. The molecule has 0 atom stereocenters. The average Bonchev–Trinajstić information content (AvgIpc) is 3.26.